The van der Waals surface area contributed by atoms with E-state index in [9.17, 15) is 22.7 Å². The third kappa shape index (κ3) is 4.54. The Hall–Kier alpha value is -2.61. The molecule has 0 bridgehead atoms. The fourth-order valence-corrected chi connectivity index (χ4v) is 4.20. The van der Waals surface area contributed by atoms with Gasteiger partial charge in [-0.15, -0.1) is 0 Å². The minimum atomic E-state index is -4.88. The first-order valence-electron chi connectivity index (χ1n) is 10.1. The predicted octanol–water partition coefficient (Wildman–Crippen LogP) is 5.65. The highest BCUT2D eigenvalue weighted by molar-refractivity contribution is 5.82. The van der Waals surface area contributed by atoms with E-state index >= 15 is 0 Å². The van der Waals surface area contributed by atoms with Crippen molar-refractivity contribution in [1.82, 2.24) is 9.97 Å². The van der Waals surface area contributed by atoms with Gasteiger partial charge in [-0.25, -0.2) is 9.37 Å². The van der Waals surface area contributed by atoms with Gasteiger partial charge in [0.2, 0.25) is 0 Å². The number of pyridine rings is 1. The largest absolute Gasteiger partial charge is 0.417 e. The van der Waals surface area contributed by atoms with Crippen LogP contribution in [0.4, 0.5) is 23.4 Å². The maximum absolute atomic E-state index is 14.2. The molecule has 0 aliphatic rings. The van der Waals surface area contributed by atoms with E-state index in [1.807, 2.05) is 0 Å². The van der Waals surface area contributed by atoms with Crippen LogP contribution in [0.25, 0.3) is 10.9 Å². The van der Waals surface area contributed by atoms with Gasteiger partial charge < -0.3 is 15.4 Å². The lowest BCUT2D eigenvalue weighted by atomic mass is 9.69. The quantitative estimate of drug-likeness (QED) is 0.419. The number of hydrogen-bond donors (Lipinski definition) is 3. The molecule has 1 aromatic carbocycles. The molecule has 0 aliphatic carbocycles. The van der Waals surface area contributed by atoms with Crippen molar-refractivity contribution in [3.63, 3.8) is 0 Å². The Kier molecular flexibility index (Phi) is 6.06. The van der Waals surface area contributed by atoms with E-state index in [-0.39, 0.29) is 5.69 Å². The lowest BCUT2D eigenvalue weighted by molar-refractivity contribution is -0.267. The molecule has 0 saturated heterocycles. The molecule has 8 heteroatoms. The normalized spacial score (nSPS) is 16.2. The van der Waals surface area contributed by atoms with Gasteiger partial charge in [0.15, 0.2) is 5.60 Å². The van der Waals surface area contributed by atoms with Crippen molar-refractivity contribution in [2.24, 2.45) is 0 Å². The first-order valence-corrected chi connectivity index (χ1v) is 10.1. The number of nitrogens with one attached hydrogen (secondary N) is 2. The Bertz CT molecular complexity index is 1080. The number of H-pyrrole nitrogens is 1. The lowest BCUT2D eigenvalue weighted by Crippen LogP contribution is -2.51. The molecule has 2 atom stereocenters. The Morgan fingerprint density at radius 2 is 1.87 bits per heavy atom. The summed E-state index contributed by atoms with van der Waals surface area (Å²) in [5.41, 5.74) is -2.10. The zero-order valence-electron chi connectivity index (χ0n) is 18.0. The number of anilines is 1. The molecule has 31 heavy (non-hydrogen) atoms. The first-order chi connectivity index (χ1) is 14.4. The highest BCUT2D eigenvalue weighted by atomic mass is 19.4. The average molecular weight is 437 g/mol. The maximum atomic E-state index is 14.2. The summed E-state index contributed by atoms with van der Waals surface area (Å²) in [5.74, 6) is 0.0727. The first kappa shape index (κ1) is 23.1. The smallest absolute Gasteiger partial charge is 0.380 e. The number of rotatable bonds is 7. The van der Waals surface area contributed by atoms with Gasteiger partial charge in [0.05, 0.1) is 11.7 Å². The second-order valence-electron chi connectivity index (χ2n) is 8.46. The molecule has 3 aromatic rings. The molecule has 2 heterocycles. The fraction of sp³-hybridized carbons (Fsp3) is 0.435. The van der Waals surface area contributed by atoms with Crippen LogP contribution in [0.2, 0.25) is 0 Å². The Morgan fingerprint density at radius 3 is 2.48 bits per heavy atom. The third-order valence-electron chi connectivity index (χ3n) is 6.14. The molecule has 4 nitrogen and oxygen atoms in total. The minimum Gasteiger partial charge on any atom is -0.380 e. The average Bonchev–Trinajstić information content (AvgIpc) is 3.09. The number of aromatic amines is 1. The van der Waals surface area contributed by atoms with Crippen LogP contribution in [-0.4, -0.2) is 33.9 Å². The number of alkyl halides is 3. The number of aryl methyl sites for hydroxylation is 1. The zero-order valence-corrected chi connectivity index (χ0v) is 18.0. The summed E-state index contributed by atoms with van der Waals surface area (Å²) in [6, 6.07) is 7.40. The van der Waals surface area contributed by atoms with E-state index in [0.717, 1.165) is 0 Å². The summed E-state index contributed by atoms with van der Waals surface area (Å²) in [7, 11) is 1.70. The highest BCUT2D eigenvalue weighted by Gasteiger charge is 2.56. The molecular formula is C23H27F4N3O. The van der Waals surface area contributed by atoms with Crippen LogP contribution in [0, 0.1) is 12.7 Å². The van der Waals surface area contributed by atoms with Gasteiger partial charge in [0, 0.05) is 24.5 Å². The van der Waals surface area contributed by atoms with Crippen LogP contribution >= 0.6 is 0 Å². The molecular weight excluding hydrogens is 410 g/mol. The molecule has 2 unspecified atom stereocenters. The Labute approximate surface area is 178 Å². The van der Waals surface area contributed by atoms with E-state index in [2.05, 4.69) is 15.3 Å². The van der Waals surface area contributed by atoms with Gasteiger partial charge in [-0.3, -0.25) is 0 Å². The molecule has 0 radical (unpaired) electrons. The summed E-state index contributed by atoms with van der Waals surface area (Å²) >= 11 is 0. The monoisotopic (exact) mass is 437 g/mol. The number of hydrogen-bond acceptors (Lipinski definition) is 3. The van der Waals surface area contributed by atoms with Crippen LogP contribution in [0.5, 0.6) is 0 Å². The van der Waals surface area contributed by atoms with E-state index < -0.39 is 35.9 Å². The van der Waals surface area contributed by atoms with Crippen LogP contribution in [0.1, 0.15) is 43.5 Å². The number of nitrogens with zero attached hydrogens (tertiary/aromatic N) is 1. The van der Waals surface area contributed by atoms with Gasteiger partial charge in [0.25, 0.3) is 0 Å². The molecule has 3 N–H and O–H groups in total. The second kappa shape index (κ2) is 8.15. The standard InChI is InChI=1S/C23H27F4N3O/c1-5-21(3,18-10-16(24)7-6-14(18)2)13-22(31,23(25,26)27)11-17-8-15-9-20(28-4)29-12-19(15)30-17/h6-10,12,30-31H,5,11,13H2,1-4H3,(H,28,29). The molecule has 0 saturated carbocycles. The molecule has 2 aromatic heterocycles. The molecule has 168 valence electrons. The van der Waals surface area contributed by atoms with E-state index in [1.165, 1.54) is 18.3 Å². The minimum absolute atomic E-state index is 0.249. The van der Waals surface area contributed by atoms with Gasteiger partial charge in [-0.05, 0) is 60.6 Å². The van der Waals surface area contributed by atoms with Gasteiger partial charge in [-0.2, -0.15) is 13.2 Å². The summed E-state index contributed by atoms with van der Waals surface area (Å²) in [5, 5.41) is 14.5. The SMILES string of the molecule is CCC(C)(CC(O)(Cc1cc2cc(NC)ncc2[nH]1)C(F)(F)F)c1cc(F)ccc1C. The van der Waals surface area contributed by atoms with Crippen molar-refractivity contribution in [2.75, 3.05) is 12.4 Å². The van der Waals surface area contributed by atoms with Crippen molar-refractivity contribution < 1.29 is 22.7 Å². The van der Waals surface area contributed by atoms with Gasteiger partial charge >= 0.3 is 6.18 Å². The Balaban J connectivity index is 2.01. The van der Waals surface area contributed by atoms with Crippen LogP contribution < -0.4 is 5.32 Å². The topological polar surface area (TPSA) is 60.9 Å². The fourth-order valence-electron chi connectivity index (χ4n) is 4.20. The molecule has 0 amide bonds. The molecule has 3 rings (SSSR count). The number of fused-ring (bicyclic) bond motifs is 1. The molecule has 0 fully saturated rings. The van der Waals surface area contributed by atoms with Crippen LogP contribution in [0.3, 0.4) is 0 Å². The van der Waals surface area contributed by atoms with Crippen molar-refractivity contribution in [3.8, 4) is 0 Å². The third-order valence-corrected chi connectivity index (χ3v) is 6.14. The predicted molar refractivity (Wildman–Crippen MR) is 114 cm³/mol. The molecule has 0 aliphatic heterocycles. The number of aliphatic hydroxyl groups is 1. The molecule has 0 spiro atoms. The van der Waals surface area contributed by atoms with E-state index in [4.69, 9.17) is 0 Å². The van der Waals surface area contributed by atoms with Gasteiger partial charge in [0.1, 0.15) is 11.6 Å². The van der Waals surface area contributed by atoms with Crippen molar-refractivity contribution in [1.29, 1.82) is 0 Å². The van der Waals surface area contributed by atoms with E-state index in [0.29, 0.717) is 34.3 Å². The number of halogens is 4. The summed E-state index contributed by atoms with van der Waals surface area (Å²) in [6.45, 7) is 5.12. The van der Waals surface area contributed by atoms with Crippen LogP contribution in [0.15, 0.2) is 36.5 Å². The van der Waals surface area contributed by atoms with Crippen molar-refractivity contribution in [3.05, 3.63) is 59.2 Å². The maximum Gasteiger partial charge on any atom is 0.417 e. The summed E-state index contributed by atoms with van der Waals surface area (Å²) < 4.78 is 56.4. The van der Waals surface area contributed by atoms with Gasteiger partial charge in [-0.1, -0.05) is 19.9 Å². The van der Waals surface area contributed by atoms with Crippen molar-refractivity contribution >= 4 is 16.7 Å². The number of aromatic nitrogens is 2. The van der Waals surface area contributed by atoms with E-state index in [1.54, 1.807) is 46.0 Å². The summed E-state index contributed by atoms with van der Waals surface area (Å²) in [6.07, 6.45) is -4.29. The lowest BCUT2D eigenvalue weighted by Gasteiger charge is -2.40. The summed E-state index contributed by atoms with van der Waals surface area (Å²) in [4.78, 5) is 7.08. The number of benzene rings is 1. The second-order valence-corrected chi connectivity index (χ2v) is 8.46. The Morgan fingerprint density at radius 1 is 1.16 bits per heavy atom. The van der Waals surface area contributed by atoms with Crippen molar-refractivity contribution in [2.45, 2.75) is 57.2 Å². The zero-order chi connectivity index (χ0) is 23.0. The van der Waals surface area contributed by atoms with Crippen LogP contribution in [-0.2, 0) is 11.8 Å². The highest BCUT2D eigenvalue weighted by Crippen LogP contribution is 2.45.